The number of hydrogen-bond acceptors (Lipinski definition) is 2. The molecule has 0 saturated heterocycles. The fourth-order valence-corrected chi connectivity index (χ4v) is 3.68. The summed E-state index contributed by atoms with van der Waals surface area (Å²) in [6.45, 7) is 8.29. The van der Waals surface area contributed by atoms with Crippen LogP contribution in [0.15, 0.2) is 18.2 Å². The largest absolute Gasteiger partial charge is 0.358 e. The van der Waals surface area contributed by atoms with E-state index in [1.807, 2.05) is 45.9 Å². The Balaban J connectivity index is 1.82. The topological polar surface area (TPSA) is 65.2 Å². The van der Waals surface area contributed by atoms with Gasteiger partial charge in [-0.1, -0.05) is 0 Å². The molecular weight excluding hydrogens is 326 g/mol. The molecule has 140 valence electrons. The Hall–Kier alpha value is -2.30. The average molecular weight is 355 g/mol. The number of aryl methyl sites for hydroxylation is 2. The Morgan fingerprint density at radius 3 is 2.62 bits per heavy atom. The Kier molecular flexibility index (Phi) is 5.08. The zero-order valence-corrected chi connectivity index (χ0v) is 16.2. The highest BCUT2D eigenvalue weighted by Gasteiger charge is 2.22. The van der Waals surface area contributed by atoms with E-state index in [0.29, 0.717) is 12.1 Å². The van der Waals surface area contributed by atoms with E-state index in [2.05, 4.69) is 10.3 Å². The summed E-state index contributed by atoms with van der Waals surface area (Å²) >= 11 is 0. The number of aromatic nitrogens is 1. The number of nitrogens with zero attached hydrogens (tertiary/aromatic N) is 1. The molecule has 1 aromatic heterocycles. The van der Waals surface area contributed by atoms with E-state index in [-0.39, 0.29) is 23.9 Å². The van der Waals surface area contributed by atoms with Crippen LogP contribution in [0.1, 0.15) is 62.2 Å². The van der Waals surface area contributed by atoms with Gasteiger partial charge in [-0.3, -0.25) is 9.59 Å². The molecule has 5 heteroatoms. The van der Waals surface area contributed by atoms with Crippen LogP contribution in [-0.2, 0) is 17.6 Å². The standard InChI is InChI=1S/C21H29N3O2/c1-5-24(13-19(25)23-21(2,3)4)20(26)14-10-11-18-16(12-14)15-8-6-7-9-17(15)22-18/h10-12,22H,5-9,13H2,1-4H3,(H,23,25). The molecule has 0 fully saturated rings. The van der Waals surface area contributed by atoms with Crippen LogP contribution in [0.25, 0.3) is 10.9 Å². The van der Waals surface area contributed by atoms with Crippen molar-refractivity contribution in [2.75, 3.05) is 13.1 Å². The van der Waals surface area contributed by atoms with E-state index in [4.69, 9.17) is 0 Å². The SMILES string of the molecule is CCN(CC(=O)NC(C)(C)C)C(=O)c1ccc2[nH]c3c(c2c1)CCCC3. The number of nitrogens with one attached hydrogen (secondary N) is 2. The number of H-pyrrole nitrogens is 1. The third kappa shape index (κ3) is 3.92. The van der Waals surface area contributed by atoms with Gasteiger partial charge in [0, 0.05) is 34.2 Å². The first kappa shape index (κ1) is 18.5. The highest BCUT2D eigenvalue weighted by molar-refractivity contribution is 6.00. The number of fused-ring (bicyclic) bond motifs is 3. The van der Waals surface area contributed by atoms with Crippen molar-refractivity contribution >= 4 is 22.7 Å². The van der Waals surface area contributed by atoms with Gasteiger partial charge < -0.3 is 15.2 Å². The zero-order valence-electron chi connectivity index (χ0n) is 16.2. The molecule has 0 unspecified atom stereocenters. The van der Waals surface area contributed by atoms with Gasteiger partial charge in [0.25, 0.3) is 5.91 Å². The van der Waals surface area contributed by atoms with Crippen molar-refractivity contribution in [3.8, 4) is 0 Å². The number of aromatic amines is 1. The van der Waals surface area contributed by atoms with Gasteiger partial charge in [0.1, 0.15) is 0 Å². The molecule has 0 atom stereocenters. The Labute approximate surface area is 155 Å². The van der Waals surface area contributed by atoms with Crippen LogP contribution in [-0.4, -0.2) is 40.3 Å². The molecule has 0 saturated carbocycles. The number of amides is 2. The average Bonchev–Trinajstić information content (AvgIpc) is 2.95. The first-order chi connectivity index (χ1) is 12.3. The minimum absolute atomic E-state index is 0.0793. The van der Waals surface area contributed by atoms with Crippen molar-refractivity contribution in [2.24, 2.45) is 0 Å². The van der Waals surface area contributed by atoms with E-state index < -0.39 is 0 Å². The molecular formula is C21H29N3O2. The van der Waals surface area contributed by atoms with Gasteiger partial charge in [0.15, 0.2) is 0 Å². The van der Waals surface area contributed by atoms with Crippen molar-refractivity contribution in [1.82, 2.24) is 15.2 Å². The molecule has 0 spiro atoms. The second kappa shape index (κ2) is 7.14. The predicted octanol–water partition coefficient (Wildman–Crippen LogP) is 3.42. The summed E-state index contributed by atoms with van der Waals surface area (Å²) in [6, 6.07) is 5.84. The van der Waals surface area contributed by atoms with E-state index in [9.17, 15) is 9.59 Å². The molecule has 0 radical (unpaired) electrons. The van der Waals surface area contributed by atoms with Gasteiger partial charge in [-0.05, 0) is 77.1 Å². The zero-order chi connectivity index (χ0) is 18.9. The van der Waals surface area contributed by atoms with E-state index >= 15 is 0 Å². The third-order valence-corrected chi connectivity index (χ3v) is 4.86. The predicted molar refractivity (Wildman–Crippen MR) is 104 cm³/mol. The molecule has 1 heterocycles. The Morgan fingerprint density at radius 1 is 1.19 bits per heavy atom. The normalized spacial score (nSPS) is 14.2. The summed E-state index contributed by atoms with van der Waals surface area (Å²) < 4.78 is 0. The summed E-state index contributed by atoms with van der Waals surface area (Å²) in [5.41, 5.74) is 4.11. The molecule has 2 amide bonds. The fraction of sp³-hybridized carbons (Fsp3) is 0.524. The van der Waals surface area contributed by atoms with Crippen LogP contribution < -0.4 is 5.32 Å². The number of carbonyl (C=O) groups is 2. The van der Waals surface area contributed by atoms with Gasteiger partial charge in [-0.15, -0.1) is 0 Å². The fourth-order valence-electron chi connectivity index (χ4n) is 3.68. The summed E-state index contributed by atoms with van der Waals surface area (Å²) in [7, 11) is 0. The molecule has 1 aliphatic rings. The molecule has 0 aliphatic heterocycles. The minimum Gasteiger partial charge on any atom is -0.358 e. The highest BCUT2D eigenvalue weighted by Crippen LogP contribution is 2.30. The number of benzene rings is 1. The smallest absolute Gasteiger partial charge is 0.254 e. The van der Waals surface area contributed by atoms with Gasteiger partial charge >= 0.3 is 0 Å². The van der Waals surface area contributed by atoms with Crippen molar-refractivity contribution in [2.45, 2.75) is 58.9 Å². The molecule has 0 bridgehead atoms. The van der Waals surface area contributed by atoms with Crippen LogP contribution in [0.5, 0.6) is 0 Å². The molecule has 1 aromatic carbocycles. The number of likely N-dealkylation sites (N-methyl/N-ethyl adjacent to an activating group) is 1. The maximum Gasteiger partial charge on any atom is 0.254 e. The monoisotopic (exact) mass is 355 g/mol. The maximum absolute atomic E-state index is 12.9. The summed E-state index contributed by atoms with van der Waals surface area (Å²) in [5.74, 6) is -0.225. The van der Waals surface area contributed by atoms with Crippen LogP contribution in [0, 0.1) is 0 Å². The second-order valence-electron chi connectivity index (χ2n) is 8.17. The van der Waals surface area contributed by atoms with Crippen LogP contribution in [0.2, 0.25) is 0 Å². The van der Waals surface area contributed by atoms with Crippen molar-refractivity contribution in [3.63, 3.8) is 0 Å². The van der Waals surface area contributed by atoms with Crippen LogP contribution in [0.4, 0.5) is 0 Å². The van der Waals surface area contributed by atoms with Gasteiger partial charge in [0.2, 0.25) is 5.91 Å². The first-order valence-electron chi connectivity index (χ1n) is 9.52. The van der Waals surface area contributed by atoms with E-state index in [1.165, 1.54) is 24.1 Å². The number of rotatable bonds is 4. The third-order valence-electron chi connectivity index (χ3n) is 4.86. The molecule has 1 aliphatic carbocycles. The Bertz CT molecular complexity index is 830. The molecule has 2 aromatic rings. The van der Waals surface area contributed by atoms with Crippen molar-refractivity contribution < 1.29 is 9.59 Å². The minimum atomic E-state index is -0.303. The highest BCUT2D eigenvalue weighted by atomic mass is 16.2. The molecule has 3 rings (SSSR count). The summed E-state index contributed by atoms with van der Waals surface area (Å²) in [6.07, 6.45) is 4.57. The quantitative estimate of drug-likeness (QED) is 0.882. The number of carbonyl (C=O) groups excluding carboxylic acids is 2. The van der Waals surface area contributed by atoms with Gasteiger partial charge in [0.05, 0.1) is 6.54 Å². The molecule has 5 nitrogen and oxygen atoms in total. The lowest BCUT2D eigenvalue weighted by Gasteiger charge is -2.25. The second-order valence-corrected chi connectivity index (χ2v) is 8.17. The first-order valence-corrected chi connectivity index (χ1v) is 9.52. The molecule has 2 N–H and O–H groups in total. The van der Waals surface area contributed by atoms with Crippen molar-refractivity contribution in [1.29, 1.82) is 0 Å². The lowest BCUT2D eigenvalue weighted by atomic mass is 9.95. The lowest BCUT2D eigenvalue weighted by molar-refractivity contribution is -0.123. The Morgan fingerprint density at radius 2 is 1.92 bits per heavy atom. The summed E-state index contributed by atoms with van der Waals surface area (Å²) in [4.78, 5) is 30.3. The van der Waals surface area contributed by atoms with Crippen LogP contribution in [0.3, 0.4) is 0 Å². The van der Waals surface area contributed by atoms with Gasteiger partial charge in [-0.2, -0.15) is 0 Å². The molecule has 26 heavy (non-hydrogen) atoms. The summed E-state index contributed by atoms with van der Waals surface area (Å²) in [5, 5.41) is 4.07. The lowest BCUT2D eigenvalue weighted by Crippen LogP contribution is -2.47. The van der Waals surface area contributed by atoms with Crippen LogP contribution >= 0.6 is 0 Å². The van der Waals surface area contributed by atoms with E-state index in [1.54, 1.807) is 4.90 Å². The van der Waals surface area contributed by atoms with Gasteiger partial charge in [-0.25, -0.2) is 0 Å². The van der Waals surface area contributed by atoms with Crippen molar-refractivity contribution in [3.05, 3.63) is 35.0 Å². The number of hydrogen-bond donors (Lipinski definition) is 2. The van der Waals surface area contributed by atoms with E-state index in [0.717, 1.165) is 23.7 Å². The maximum atomic E-state index is 12.9.